The second-order valence-electron chi connectivity index (χ2n) is 5.60. The van der Waals surface area contributed by atoms with Crippen LogP contribution in [-0.2, 0) is 0 Å². The van der Waals surface area contributed by atoms with Gasteiger partial charge in [-0.3, -0.25) is 4.79 Å². The molecule has 0 bridgehead atoms. The maximum absolute atomic E-state index is 12.6. The third-order valence-corrected chi connectivity index (χ3v) is 5.32. The molecule has 0 spiro atoms. The minimum Gasteiger partial charge on any atom is -0.393 e. The van der Waals surface area contributed by atoms with Crippen molar-refractivity contribution in [3.05, 3.63) is 4.88 Å². The molecule has 0 aliphatic carbocycles. The van der Waals surface area contributed by atoms with Crippen molar-refractivity contribution < 1.29 is 9.90 Å². The molecule has 1 fully saturated rings. The monoisotopic (exact) mass is 312 g/mol. The second kappa shape index (κ2) is 6.62. The van der Waals surface area contributed by atoms with Gasteiger partial charge in [0.2, 0.25) is 0 Å². The zero-order chi connectivity index (χ0) is 15.6. The Bertz CT molecular complexity index is 495. The Morgan fingerprint density at radius 1 is 1.57 bits per heavy atom. The number of carbonyl (C=O) groups is 1. The smallest absolute Gasteiger partial charge is 0.267 e. The number of rotatable bonds is 4. The van der Waals surface area contributed by atoms with Crippen molar-refractivity contribution in [3.8, 4) is 0 Å². The molecule has 6 nitrogen and oxygen atoms in total. The van der Waals surface area contributed by atoms with Crippen LogP contribution < -0.4 is 10.6 Å². The zero-order valence-corrected chi connectivity index (χ0v) is 13.7. The molecule has 1 aromatic rings. The average Bonchev–Trinajstić information content (AvgIpc) is 2.87. The molecule has 3 N–H and O–H groups in total. The number of nitrogen functional groups attached to an aromatic ring is 1. The topological polar surface area (TPSA) is 82.7 Å². The van der Waals surface area contributed by atoms with Gasteiger partial charge in [0, 0.05) is 26.7 Å². The summed E-state index contributed by atoms with van der Waals surface area (Å²) in [7, 11) is 1.93. The Balaban J connectivity index is 2.06. The molecule has 21 heavy (non-hydrogen) atoms. The van der Waals surface area contributed by atoms with Crippen LogP contribution in [0.15, 0.2) is 0 Å². The highest BCUT2D eigenvalue weighted by Crippen LogP contribution is 2.30. The van der Waals surface area contributed by atoms with Crippen molar-refractivity contribution in [2.45, 2.75) is 32.8 Å². The van der Waals surface area contributed by atoms with Crippen LogP contribution in [0.2, 0.25) is 0 Å². The van der Waals surface area contributed by atoms with Crippen LogP contribution in [0.25, 0.3) is 0 Å². The molecule has 2 rings (SSSR count). The van der Waals surface area contributed by atoms with Gasteiger partial charge in [-0.15, -0.1) is 0 Å². The number of aliphatic hydroxyl groups is 1. The molecule has 0 aromatic carbocycles. The maximum atomic E-state index is 12.6. The highest BCUT2D eigenvalue weighted by atomic mass is 32.1. The Morgan fingerprint density at radius 2 is 2.19 bits per heavy atom. The lowest BCUT2D eigenvalue weighted by molar-refractivity contribution is 0.0525. The van der Waals surface area contributed by atoms with Crippen LogP contribution in [0, 0.1) is 5.92 Å². The van der Waals surface area contributed by atoms with Gasteiger partial charge in [-0.2, -0.15) is 0 Å². The fourth-order valence-electron chi connectivity index (χ4n) is 2.50. The summed E-state index contributed by atoms with van der Waals surface area (Å²) >= 11 is 1.35. The molecule has 1 amide bonds. The maximum Gasteiger partial charge on any atom is 0.267 e. The predicted molar refractivity (Wildman–Crippen MR) is 85.8 cm³/mol. The van der Waals surface area contributed by atoms with Gasteiger partial charge in [-0.1, -0.05) is 11.3 Å². The lowest BCUT2D eigenvalue weighted by atomic mass is 9.92. The van der Waals surface area contributed by atoms with Crippen molar-refractivity contribution in [1.29, 1.82) is 0 Å². The molecule has 1 atom stereocenters. The molecule has 0 radical (unpaired) electrons. The van der Waals surface area contributed by atoms with E-state index in [-0.39, 0.29) is 17.9 Å². The first-order valence-electron chi connectivity index (χ1n) is 7.38. The number of piperidine rings is 1. The summed E-state index contributed by atoms with van der Waals surface area (Å²) < 4.78 is 0. The summed E-state index contributed by atoms with van der Waals surface area (Å²) in [5, 5.41) is 10.4. The average molecular weight is 312 g/mol. The van der Waals surface area contributed by atoms with Gasteiger partial charge in [0.25, 0.3) is 5.91 Å². The Labute approximate surface area is 129 Å². The van der Waals surface area contributed by atoms with Gasteiger partial charge >= 0.3 is 0 Å². The van der Waals surface area contributed by atoms with Crippen molar-refractivity contribution in [3.63, 3.8) is 0 Å². The number of carbonyl (C=O) groups excluding carboxylic acids is 1. The van der Waals surface area contributed by atoms with Gasteiger partial charge in [0.15, 0.2) is 5.13 Å². The first kappa shape index (κ1) is 16.0. The van der Waals surface area contributed by atoms with E-state index in [1.54, 1.807) is 0 Å². The molecular weight excluding hydrogens is 288 g/mol. The highest BCUT2D eigenvalue weighted by molar-refractivity contribution is 7.18. The van der Waals surface area contributed by atoms with Crippen LogP contribution in [0.4, 0.5) is 10.9 Å². The first-order valence-corrected chi connectivity index (χ1v) is 8.20. The largest absolute Gasteiger partial charge is 0.393 e. The van der Waals surface area contributed by atoms with E-state index in [2.05, 4.69) is 4.98 Å². The molecule has 118 valence electrons. The number of amides is 1. The first-order chi connectivity index (χ1) is 9.93. The minimum atomic E-state index is -0.305. The van der Waals surface area contributed by atoms with Crippen LogP contribution in [-0.4, -0.2) is 53.7 Å². The third kappa shape index (κ3) is 3.47. The van der Waals surface area contributed by atoms with Gasteiger partial charge in [0.05, 0.1) is 6.10 Å². The number of hydrogen-bond acceptors (Lipinski definition) is 6. The molecule has 7 heteroatoms. The molecule has 1 saturated heterocycles. The number of anilines is 2. The van der Waals surface area contributed by atoms with Crippen LogP contribution in [0.3, 0.4) is 0 Å². The van der Waals surface area contributed by atoms with Gasteiger partial charge in [-0.05, 0) is 32.6 Å². The van der Waals surface area contributed by atoms with E-state index in [0.717, 1.165) is 24.5 Å². The number of nitrogens with two attached hydrogens (primary N) is 1. The molecule has 1 aliphatic heterocycles. The normalized spacial score (nSPS) is 17.8. The molecule has 1 aliphatic rings. The molecule has 0 saturated carbocycles. The fourth-order valence-corrected chi connectivity index (χ4v) is 3.48. The summed E-state index contributed by atoms with van der Waals surface area (Å²) in [5.41, 5.74) is 5.90. The summed E-state index contributed by atoms with van der Waals surface area (Å²) in [6.45, 7) is 6.01. The van der Waals surface area contributed by atoms with E-state index >= 15 is 0 Å². The number of aliphatic hydroxyl groups excluding tert-OH is 1. The van der Waals surface area contributed by atoms with E-state index in [4.69, 9.17) is 5.73 Å². The van der Waals surface area contributed by atoms with Crippen LogP contribution in [0.1, 0.15) is 36.4 Å². The zero-order valence-electron chi connectivity index (χ0n) is 12.9. The van der Waals surface area contributed by atoms with E-state index in [1.807, 2.05) is 30.7 Å². The van der Waals surface area contributed by atoms with Crippen molar-refractivity contribution in [2.75, 3.05) is 37.3 Å². The Hall–Kier alpha value is -1.34. The number of thiazole rings is 1. The Kier molecular flexibility index (Phi) is 5.05. The quantitative estimate of drug-likeness (QED) is 0.878. The van der Waals surface area contributed by atoms with Crippen LogP contribution >= 0.6 is 11.3 Å². The van der Waals surface area contributed by atoms with Crippen molar-refractivity contribution in [2.24, 2.45) is 5.92 Å². The van der Waals surface area contributed by atoms with Crippen molar-refractivity contribution >= 4 is 28.2 Å². The van der Waals surface area contributed by atoms with E-state index < -0.39 is 0 Å². The Morgan fingerprint density at radius 3 is 2.71 bits per heavy atom. The molecule has 1 aromatic heterocycles. The second-order valence-corrected chi connectivity index (χ2v) is 6.57. The van der Waals surface area contributed by atoms with E-state index in [1.165, 1.54) is 11.3 Å². The predicted octanol–water partition coefficient (Wildman–Crippen LogP) is 1.41. The summed E-state index contributed by atoms with van der Waals surface area (Å²) in [6, 6.07) is 0. The summed E-state index contributed by atoms with van der Waals surface area (Å²) in [5.74, 6) is 0.567. The number of nitrogens with zero attached hydrogens (tertiary/aromatic N) is 3. The molecule has 2 heterocycles. The summed E-state index contributed by atoms with van der Waals surface area (Å²) in [6.07, 6.45) is 1.37. The lowest BCUT2D eigenvalue weighted by Crippen LogP contribution is -2.40. The standard InChI is InChI=1S/C14H24N4O2S/c1-4-17(3)14-16-12(15)11(21-14)13(20)18-7-5-10(6-8-18)9(2)19/h9-10,19H,4-8,15H2,1-3H3. The lowest BCUT2D eigenvalue weighted by Gasteiger charge is -2.33. The SMILES string of the molecule is CCN(C)c1nc(N)c(C(=O)N2CCC(C(C)O)CC2)s1. The molecular formula is C14H24N4O2S. The van der Waals surface area contributed by atoms with E-state index in [0.29, 0.717) is 23.8 Å². The van der Waals surface area contributed by atoms with Crippen LogP contribution in [0.5, 0.6) is 0 Å². The fraction of sp³-hybridized carbons (Fsp3) is 0.714. The van der Waals surface area contributed by atoms with Gasteiger partial charge in [0.1, 0.15) is 10.7 Å². The van der Waals surface area contributed by atoms with Gasteiger partial charge < -0.3 is 20.6 Å². The molecule has 1 unspecified atom stereocenters. The summed E-state index contributed by atoms with van der Waals surface area (Å²) in [4.78, 5) is 21.1. The third-order valence-electron chi connectivity index (χ3n) is 4.15. The van der Waals surface area contributed by atoms with E-state index in [9.17, 15) is 9.90 Å². The number of likely N-dealkylation sites (tertiary alicyclic amines) is 1. The highest BCUT2D eigenvalue weighted by Gasteiger charge is 2.28. The van der Waals surface area contributed by atoms with Crippen molar-refractivity contribution in [1.82, 2.24) is 9.88 Å². The number of aromatic nitrogens is 1. The minimum absolute atomic E-state index is 0.0372. The number of hydrogen-bond donors (Lipinski definition) is 2. The van der Waals surface area contributed by atoms with Gasteiger partial charge in [-0.25, -0.2) is 4.98 Å².